The Bertz CT molecular complexity index is 819. The third-order valence-electron chi connectivity index (χ3n) is 4.83. The van der Waals surface area contributed by atoms with E-state index < -0.39 is 0 Å². The van der Waals surface area contributed by atoms with Crippen LogP contribution in [0.15, 0.2) is 42.5 Å². The zero-order valence-electron chi connectivity index (χ0n) is 16.0. The van der Waals surface area contributed by atoms with Gasteiger partial charge in [0.2, 0.25) is 12.7 Å². The van der Waals surface area contributed by atoms with Crippen LogP contribution in [-0.2, 0) is 16.1 Å². The number of likely N-dealkylation sites (N-methyl/N-ethyl adjacent to an activating group) is 1. The number of nitrogens with one attached hydrogen (secondary N) is 1. The summed E-state index contributed by atoms with van der Waals surface area (Å²) in [6.45, 7) is 4.54. The Morgan fingerprint density at radius 2 is 1.82 bits per heavy atom. The molecule has 2 aromatic rings. The van der Waals surface area contributed by atoms with Gasteiger partial charge in [0.05, 0.1) is 19.8 Å². The van der Waals surface area contributed by atoms with Crippen LogP contribution in [0, 0.1) is 0 Å². The molecule has 1 amide bonds. The number of morpholine rings is 1. The molecule has 0 spiro atoms. The number of ether oxygens (including phenoxy) is 3. The molecule has 7 nitrogen and oxygen atoms in total. The second-order valence-electron chi connectivity index (χ2n) is 7.05. The van der Waals surface area contributed by atoms with Gasteiger partial charge in [-0.2, -0.15) is 0 Å². The SMILES string of the molecule is CN(CC(=O)Nc1ccc(N2CCOCC2)cc1)Cc1ccc2c(c1)OCO2. The number of nitrogens with zero attached hydrogens (tertiary/aromatic N) is 2. The van der Waals surface area contributed by atoms with Gasteiger partial charge in [-0.25, -0.2) is 0 Å². The molecule has 7 heteroatoms. The zero-order valence-corrected chi connectivity index (χ0v) is 16.0. The molecule has 0 aliphatic carbocycles. The van der Waals surface area contributed by atoms with Crippen LogP contribution in [0.4, 0.5) is 11.4 Å². The molecular formula is C21H25N3O4. The monoisotopic (exact) mass is 383 g/mol. The topological polar surface area (TPSA) is 63.3 Å². The number of benzene rings is 2. The van der Waals surface area contributed by atoms with Crippen molar-refractivity contribution in [1.29, 1.82) is 0 Å². The molecule has 0 radical (unpaired) electrons. The van der Waals surface area contributed by atoms with Gasteiger partial charge in [-0.05, 0) is 49.0 Å². The number of carbonyl (C=O) groups excluding carboxylic acids is 1. The molecule has 0 bridgehead atoms. The van der Waals surface area contributed by atoms with Crippen LogP contribution in [0.3, 0.4) is 0 Å². The van der Waals surface area contributed by atoms with Crippen LogP contribution in [0.1, 0.15) is 5.56 Å². The van der Waals surface area contributed by atoms with Crippen LogP contribution < -0.4 is 19.7 Å². The predicted octanol–water partition coefficient (Wildman–Crippen LogP) is 2.32. The number of anilines is 2. The fourth-order valence-corrected chi connectivity index (χ4v) is 3.43. The van der Waals surface area contributed by atoms with Crippen molar-refractivity contribution in [3.63, 3.8) is 0 Å². The van der Waals surface area contributed by atoms with Gasteiger partial charge in [0.1, 0.15) is 0 Å². The molecule has 2 aliphatic rings. The minimum absolute atomic E-state index is 0.0395. The van der Waals surface area contributed by atoms with E-state index in [1.54, 1.807) is 0 Å². The quantitative estimate of drug-likeness (QED) is 0.826. The summed E-state index contributed by atoms with van der Waals surface area (Å²) in [5, 5.41) is 2.96. The highest BCUT2D eigenvalue weighted by atomic mass is 16.7. The lowest BCUT2D eigenvalue weighted by molar-refractivity contribution is -0.117. The van der Waals surface area contributed by atoms with Gasteiger partial charge in [0, 0.05) is 31.0 Å². The number of hydrogen-bond donors (Lipinski definition) is 1. The van der Waals surface area contributed by atoms with E-state index >= 15 is 0 Å². The Morgan fingerprint density at radius 1 is 1.07 bits per heavy atom. The molecule has 0 unspecified atom stereocenters. The van der Waals surface area contributed by atoms with Gasteiger partial charge in [-0.3, -0.25) is 9.69 Å². The molecule has 1 N–H and O–H groups in total. The summed E-state index contributed by atoms with van der Waals surface area (Å²) in [5.41, 5.74) is 3.04. The molecule has 2 aromatic carbocycles. The van der Waals surface area contributed by atoms with Gasteiger partial charge < -0.3 is 24.4 Å². The minimum Gasteiger partial charge on any atom is -0.454 e. The smallest absolute Gasteiger partial charge is 0.238 e. The molecule has 0 saturated carbocycles. The summed E-state index contributed by atoms with van der Waals surface area (Å²) >= 11 is 0. The normalized spacial score (nSPS) is 15.7. The highest BCUT2D eigenvalue weighted by Gasteiger charge is 2.15. The standard InChI is InChI=1S/C21H25N3O4/c1-23(13-16-2-7-19-20(12-16)28-15-27-19)14-21(25)22-17-3-5-18(6-4-17)24-8-10-26-11-9-24/h2-7,12H,8-11,13-15H2,1H3,(H,22,25). The van der Waals surface area contributed by atoms with Crippen molar-refractivity contribution in [2.45, 2.75) is 6.54 Å². The maximum absolute atomic E-state index is 12.4. The van der Waals surface area contributed by atoms with Crippen molar-refractivity contribution >= 4 is 17.3 Å². The van der Waals surface area contributed by atoms with Crippen LogP contribution in [0.5, 0.6) is 11.5 Å². The molecule has 4 rings (SSSR count). The van der Waals surface area contributed by atoms with Gasteiger partial charge in [0.25, 0.3) is 0 Å². The van der Waals surface area contributed by atoms with Crippen molar-refractivity contribution in [2.75, 3.05) is 56.9 Å². The van der Waals surface area contributed by atoms with E-state index in [1.807, 2.05) is 54.4 Å². The van der Waals surface area contributed by atoms with E-state index in [1.165, 1.54) is 0 Å². The molecule has 28 heavy (non-hydrogen) atoms. The second kappa shape index (κ2) is 8.50. The number of rotatable bonds is 6. The second-order valence-corrected chi connectivity index (χ2v) is 7.05. The largest absolute Gasteiger partial charge is 0.454 e. The minimum atomic E-state index is -0.0395. The summed E-state index contributed by atoms with van der Waals surface area (Å²) in [7, 11) is 1.92. The Hall–Kier alpha value is -2.77. The Balaban J connectivity index is 1.27. The van der Waals surface area contributed by atoms with Crippen molar-refractivity contribution in [3.05, 3.63) is 48.0 Å². The average Bonchev–Trinajstić information content (AvgIpc) is 3.17. The van der Waals surface area contributed by atoms with Crippen LogP contribution >= 0.6 is 0 Å². The molecule has 1 saturated heterocycles. The Morgan fingerprint density at radius 3 is 2.61 bits per heavy atom. The molecule has 2 heterocycles. The van der Waals surface area contributed by atoms with Crippen LogP contribution in [0.25, 0.3) is 0 Å². The van der Waals surface area contributed by atoms with Crippen molar-refractivity contribution < 1.29 is 19.0 Å². The maximum Gasteiger partial charge on any atom is 0.238 e. The van der Waals surface area contributed by atoms with E-state index in [0.717, 1.165) is 54.7 Å². The third-order valence-corrected chi connectivity index (χ3v) is 4.83. The first-order valence-electron chi connectivity index (χ1n) is 9.47. The van der Waals surface area contributed by atoms with E-state index in [0.29, 0.717) is 13.1 Å². The Labute approximate surface area is 164 Å². The van der Waals surface area contributed by atoms with Gasteiger partial charge in [-0.1, -0.05) is 6.07 Å². The van der Waals surface area contributed by atoms with Crippen LogP contribution in [0.2, 0.25) is 0 Å². The van der Waals surface area contributed by atoms with E-state index in [4.69, 9.17) is 14.2 Å². The molecular weight excluding hydrogens is 358 g/mol. The zero-order chi connectivity index (χ0) is 19.3. The summed E-state index contributed by atoms with van der Waals surface area (Å²) < 4.78 is 16.1. The maximum atomic E-state index is 12.4. The lowest BCUT2D eigenvalue weighted by Crippen LogP contribution is -2.36. The summed E-state index contributed by atoms with van der Waals surface area (Å²) in [6.07, 6.45) is 0. The first kappa shape index (κ1) is 18.6. The summed E-state index contributed by atoms with van der Waals surface area (Å²) in [6, 6.07) is 13.8. The van der Waals surface area contributed by atoms with E-state index in [2.05, 4.69) is 10.2 Å². The fraction of sp³-hybridized carbons (Fsp3) is 0.381. The number of carbonyl (C=O) groups is 1. The molecule has 2 aliphatic heterocycles. The first-order chi connectivity index (χ1) is 13.7. The summed E-state index contributed by atoms with van der Waals surface area (Å²) in [4.78, 5) is 16.6. The average molecular weight is 383 g/mol. The fourth-order valence-electron chi connectivity index (χ4n) is 3.43. The lowest BCUT2D eigenvalue weighted by atomic mass is 10.2. The number of amides is 1. The van der Waals surface area contributed by atoms with Crippen molar-refractivity contribution in [3.8, 4) is 11.5 Å². The number of fused-ring (bicyclic) bond motifs is 1. The lowest BCUT2D eigenvalue weighted by Gasteiger charge is -2.28. The van der Waals surface area contributed by atoms with E-state index in [-0.39, 0.29) is 12.7 Å². The van der Waals surface area contributed by atoms with Crippen LogP contribution in [-0.4, -0.2) is 57.5 Å². The van der Waals surface area contributed by atoms with Crippen molar-refractivity contribution in [2.24, 2.45) is 0 Å². The highest BCUT2D eigenvalue weighted by molar-refractivity contribution is 5.92. The predicted molar refractivity (Wildman–Crippen MR) is 107 cm³/mol. The molecule has 148 valence electrons. The van der Waals surface area contributed by atoms with Gasteiger partial charge >= 0.3 is 0 Å². The number of hydrogen-bond acceptors (Lipinski definition) is 6. The molecule has 0 aromatic heterocycles. The first-order valence-corrected chi connectivity index (χ1v) is 9.47. The summed E-state index contributed by atoms with van der Waals surface area (Å²) in [5.74, 6) is 1.49. The van der Waals surface area contributed by atoms with Crippen molar-refractivity contribution in [1.82, 2.24) is 4.90 Å². The molecule has 1 fully saturated rings. The molecule has 0 atom stereocenters. The third kappa shape index (κ3) is 4.55. The van der Waals surface area contributed by atoms with Gasteiger partial charge in [-0.15, -0.1) is 0 Å². The Kier molecular flexibility index (Phi) is 5.64. The van der Waals surface area contributed by atoms with E-state index in [9.17, 15) is 4.79 Å². The van der Waals surface area contributed by atoms with Gasteiger partial charge in [0.15, 0.2) is 11.5 Å². The highest BCUT2D eigenvalue weighted by Crippen LogP contribution is 2.32.